The van der Waals surface area contributed by atoms with Gasteiger partial charge in [0.2, 0.25) is 5.95 Å². The first kappa shape index (κ1) is 32.4. The molecular weight excluding hydrogens is 550 g/mol. The quantitative estimate of drug-likeness (QED) is 0.407. The number of nitrogens with one attached hydrogen (secondary N) is 1. The fraction of sp³-hybridized carbons (Fsp3) is 0.613. The predicted molar refractivity (Wildman–Crippen MR) is 166 cm³/mol. The van der Waals surface area contributed by atoms with Crippen molar-refractivity contribution in [1.29, 1.82) is 0 Å². The monoisotopic (exact) mass is 597 g/mol. The summed E-state index contributed by atoms with van der Waals surface area (Å²) in [5, 5.41) is 3.39. The van der Waals surface area contributed by atoms with Crippen LogP contribution in [0.4, 0.5) is 22.2 Å². The zero-order valence-corrected chi connectivity index (χ0v) is 26.5. The van der Waals surface area contributed by atoms with E-state index in [0.29, 0.717) is 68.8 Å². The van der Waals surface area contributed by atoms with Gasteiger partial charge in [-0.2, -0.15) is 4.98 Å². The molecule has 0 saturated carbocycles. The molecule has 0 spiro atoms. The van der Waals surface area contributed by atoms with Crippen LogP contribution in [0.25, 0.3) is 0 Å². The van der Waals surface area contributed by atoms with Crippen molar-refractivity contribution in [1.82, 2.24) is 24.7 Å². The van der Waals surface area contributed by atoms with Crippen molar-refractivity contribution in [2.75, 3.05) is 89.9 Å². The summed E-state index contributed by atoms with van der Waals surface area (Å²) in [6, 6.07) is 8.14. The Hall–Kier alpha value is -3.48. The Morgan fingerprint density at radius 1 is 1.00 bits per heavy atom. The van der Waals surface area contributed by atoms with Crippen LogP contribution in [0.2, 0.25) is 0 Å². The van der Waals surface area contributed by atoms with Crippen LogP contribution in [0.15, 0.2) is 24.3 Å². The molecule has 12 heteroatoms. The molecule has 1 aromatic heterocycles. The van der Waals surface area contributed by atoms with Gasteiger partial charge in [0.1, 0.15) is 11.2 Å². The van der Waals surface area contributed by atoms with Gasteiger partial charge < -0.3 is 34.2 Å². The van der Waals surface area contributed by atoms with Crippen LogP contribution in [-0.2, 0) is 27.2 Å². The number of anilines is 3. The van der Waals surface area contributed by atoms with Gasteiger partial charge in [0.05, 0.1) is 25.5 Å². The summed E-state index contributed by atoms with van der Waals surface area (Å²) >= 11 is 0. The molecule has 3 heterocycles. The number of hydrogen-bond acceptors (Lipinski definition) is 11. The number of rotatable bonds is 10. The highest BCUT2D eigenvalue weighted by atomic mass is 16.6. The molecule has 2 aromatic rings. The first-order valence-electron chi connectivity index (χ1n) is 15.1. The zero-order valence-electron chi connectivity index (χ0n) is 26.5. The SMILES string of the molecule is CCOC(=O)c1c(CCN(C)C)nc(N2CCOCC2)nc1Nc1ccc(CN2CCN(C(=O)OC(C)(C)C)CC2)cc1. The van der Waals surface area contributed by atoms with E-state index in [9.17, 15) is 9.59 Å². The Kier molecular flexibility index (Phi) is 11.2. The van der Waals surface area contributed by atoms with Gasteiger partial charge in [0.25, 0.3) is 0 Å². The molecule has 0 bridgehead atoms. The summed E-state index contributed by atoms with van der Waals surface area (Å²) in [6.45, 7) is 14.6. The van der Waals surface area contributed by atoms with E-state index < -0.39 is 11.6 Å². The number of carbonyl (C=O) groups is 2. The van der Waals surface area contributed by atoms with Gasteiger partial charge in [-0.15, -0.1) is 0 Å². The molecule has 1 N–H and O–H groups in total. The lowest BCUT2D eigenvalue weighted by Crippen LogP contribution is -2.49. The fourth-order valence-electron chi connectivity index (χ4n) is 4.92. The number of hydrogen-bond donors (Lipinski definition) is 1. The highest BCUT2D eigenvalue weighted by Crippen LogP contribution is 2.27. The Labute approximate surface area is 255 Å². The highest BCUT2D eigenvalue weighted by molar-refractivity contribution is 5.97. The van der Waals surface area contributed by atoms with E-state index in [-0.39, 0.29) is 12.7 Å². The lowest BCUT2D eigenvalue weighted by atomic mass is 10.1. The molecule has 0 unspecified atom stereocenters. The Morgan fingerprint density at radius 3 is 2.28 bits per heavy atom. The molecule has 2 saturated heterocycles. The number of morpholine rings is 1. The molecule has 0 aliphatic carbocycles. The van der Waals surface area contributed by atoms with E-state index in [1.165, 1.54) is 0 Å². The Bertz CT molecular complexity index is 1220. The predicted octanol–water partition coefficient (Wildman–Crippen LogP) is 3.39. The van der Waals surface area contributed by atoms with Crippen LogP contribution in [-0.4, -0.2) is 122 Å². The van der Waals surface area contributed by atoms with Gasteiger partial charge in [-0.3, -0.25) is 4.90 Å². The summed E-state index contributed by atoms with van der Waals surface area (Å²) in [7, 11) is 3.99. The van der Waals surface area contributed by atoms with Gasteiger partial charge in [-0.05, 0) is 59.5 Å². The van der Waals surface area contributed by atoms with Crippen LogP contribution in [0.3, 0.4) is 0 Å². The van der Waals surface area contributed by atoms with Gasteiger partial charge in [-0.25, -0.2) is 14.6 Å². The van der Waals surface area contributed by atoms with Crippen molar-refractivity contribution in [2.24, 2.45) is 0 Å². The van der Waals surface area contributed by atoms with Crippen molar-refractivity contribution in [3.63, 3.8) is 0 Å². The molecule has 43 heavy (non-hydrogen) atoms. The van der Waals surface area contributed by atoms with Gasteiger partial charge >= 0.3 is 12.1 Å². The number of carbonyl (C=O) groups excluding carboxylic acids is 2. The number of benzene rings is 1. The van der Waals surface area contributed by atoms with E-state index in [2.05, 4.69) is 32.1 Å². The maximum absolute atomic E-state index is 13.2. The Balaban J connectivity index is 1.49. The molecule has 0 atom stereocenters. The summed E-state index contributed by atoms with van der Waals surface area (Å²) < 4.78 is 16.5. The summed E-state index contributed by atoms with van der Waals surface area (Å²) in [5.74, 6) is 0.582. The van der Waals surface area contributed by atoms with Crippen LogP contribution >= 0.6 is 0 Å². The zero-order chi connectivity index (χ0) is 31.0. The van der Waals surface area contributed by atoms with Gasteiger partial charge in [0, 0.05) is 64.5 Å². The van der Waals surface area contributed by atoms with Crippen molar-refractivity contribution in [3.05, 3.63) is 41.1 Å². The molecule has 4 rings (SSSR count). The van der Waals surface area contributed by atoms with Crippen LogP contribution in [0.5, 0.6) is 0 Å². The molecule has 12 nitrogen and oxygen atoms in total. The third-order valence-electron chi connectivity index (χ3n) is 7.19. The van der Waals surface area contributed by atoms with Crippen molar-refractivity contribution < 1.29 is 23.8 Å². The summed E-state index contributed by atoms with van der Waals surface area (Å²) in [4.78, 5) is 43.5. The number of likely N-dealkylation sites (N-methyl/N-ethyl adjacent to an activating group) is 1. The number of aromatic nitrogens is 2. The second-order valence-corrected chi connectivity index (χ2v) is 12.1. The lowest BCUT2D eigenvalue weighted by molar-refractivity contribution is 0.0139. The topological polar surface area (TPSA) is 113 Å². The molecule has 2 fully saturated rings. The van der Waals surface area contributed by atoms with E-state index in [4.69, 9.17) is 24.2 Å². The third kappa shape index (κ3) is 9.50. The molecule has 0 radical (unpaired) electrons. The van der Waals surface area contributed by atoms with E-state index in [1.54, 1.807) is 11.8 Å². The minimum Gasteiger partial charge on any atom is -0.462 e. The van der Waals surface area contributed by atoms with E-state index in [0.717, 1.165) is 37.4 Å². The number of nitrogens with zero attached hydrogens (tertiary/aromatic N) is 6. The van der Waals surface area contributed by atoms with E-state index >= 15 is 0 Å². The van der Waals surface area contributed by atoms with Crippen LogP contribution in [0, 0.1) is 0 Å². The minimum atomic E-state index is -0.495. The normalized spacial score (nSPS) is 16.3. The highest BCUT2D eigenvalue weighted by Gasteiger charge is 2.27. The third-order valence-corrected chi connectivity index (χ3v) is 7.19. The summed E-state index contributed by atoms with van der Waals surface area (Å²) in [5.41, 5.74) is 2.51. The maximum atomic E-state index is 13.2. The molecule has 1 amide bonds. The number of ether oxygens (including phenoxy) is 3. The van der Waals surface area contributed by atoms with Gasteiger partial charge in [0.15, 0.2) is 5.82 Å². The first-order valence-corrected chi connectivity index (χ1v) is 15.1. The average molecular weight is 598 g/mol. The fourth-order valence-corrected chi connectivity index (χ4v) is 4.92. The minimum absolute atomic E-state index is 0.254. The molecule has 236 valence electrons. The maximum Gasteiger partial charge on any atom is 0.410 e. The van der Waals surface area contributed by atoms with E-state index in [1.807, 2.05) is 47.0 Å². The lowest BCUT2D eigenvalue weighted by Gasteiger charge is -2.35. The molecular formula is C31H47N7O5. The average Bonchev–Trinajstić information content (AvgIpc) is 2.97. The number of amides is 1. The number of piperazine rings is 1. The second kappa shape index (κ2) is 14.8. The Morgan fingerprint density at radius 2 is 1.67 bits per heavy atom. The van der Waals surface area contributed by atoms with Crippen LogP contribution < -0.4 is 10.2 Å². The largest absolute Gasteiger partial charge is 0.462 e. The number of esters is 1. The van der Waals surface area contributed by atoms with Crippen LogP contribution in [0.1, 0.15) is 49.3 Å². The standard InChI is InChI=1S/C31H47N7O5/c1-7-42-28(39)26-25(12-13-35(5)6)33-29(37-18-20-41-21-19-37)34-27(26)32-24-10-8-23(9-11-24)22-36-14-16-38(17-15-36)30(40)43-31(2,3)4/h8-11H,7,12-22H2,1-6H3,(H,32,33,34). The molecule has 2 aliphatic heterocycles. The smallest absolute Gasteiger partial charge is 0.410 e. The van der Waals surface area contributed by atoms with Crippen molar-refractivity contribution in [3.8, 4) is 0 Å². The van der Waals surface area contributed by atoms with Crippen molar-refractivity contribution in [2.45, 2.75) is 46.3 Å². The summed E-state index contributed by atoms with van der Waals surface area (Å²) in [6.07, 6.45) is 0.326. The molecule has 1 aromatic carbocycles. The first-order chi connectivity index (χ1) is 20.5. The van der Waals surface area contributed by atoms with Crippen molar-refractivity contribution >= 4 is 29.5 Å². The molecule has 2 aliphatic rings. The second-order valence-electron chi connectivity index (χ2n) is 12.1. The van der Waals surface area contributed by atoms with Gasteiger partial charge in [-0.1, -0.05) is 12.1 Å².